The fourth-order valence-electron chi connectivity index (χ4n) is 1.36. The minimum Gasteiger partial charge on any atom is -0.258 e. The van der Waals surface area contributed by atoms with Gasteiger partial charge in [0.15, 0.2) is 0 Å². The fraction of sp³-hybridized carbons (Fsp3) is 0.125. The molecule has 0 bridgehead atoms. The molecular formula is C8H4F3N4O4+. The summed E-state index contributed by atoms with van der Waals surface area (Å²) in [6.45, 7) is 0. The van der Waals surface area contributed by atoms with Crippen LogP contribution in [-0.4, -0.2) is 15.3 Å². The maximum absolute atomic E-state index is 12.7. The Labute approximate surface area is 101 Å². The Morgan fingerprint density at radius 2 is 2.11 bits per heavy atom. The first-order valence-corrected chi connectivity index (χ1v) is 4.63. The number of aromatic nitrogens is 3. The van der Waals surface area contributed by atoms with Crippen molar-refractivity contribution >= 4 is 5.69 Å². The van der Waals surface area contributed by atoms with E-state index >= 15 is 0 Å². The lowest BCUT2D eigenvalue weighted by molar-refractivity contribution is -0.725. The first-order valence-electron chi connectivity index (χ1n) is 4.63. The van der Waals surface area contributed by atoms with E-state index in [1.54, 1.807) is 0 Å². The molecule has 0 fully saturated rings. The standard InChI is InChI=1S/C8H3F3N4O4/c9-8(10,11)5-3-4(1-2-6(5)15(17)18)14-12-7(16)19-13-14/h1-3H/p+1. The number of nitro benzene ring substituents is 1. The SMILES string of the molecule is O=c1[nH][n+](-c2ccc([N+](=O)[O-])c(C(F)(F)F)c2)no1. The molecule has 0 saturated heterocycles. The molecule has 0 aliphatic rings. The molecule has 0 radical (unpaired) electrons. The van der Waals surface area contributed by atoms with E-state index in [2.05, 4.69) is 9.79 Å². The maximum atomic E-state index is 12.7. The van der Waals surface area contributed by atoms with Crippen LogP contribution in [0.2, 0.25) is 0 Å². The lowest BCUT2D eigenvalue weighted by Gasteiger charge is -2.06. The van der Waals surface area contributed by atoms with Crippen LogP contribution in [-0.2, 0) is 6.18 Å². The molecule has 1 aromatic heterocycles. The first kappa shape index (κ1) is 12.7. The molecule has 1 heterocycles. The van der Waals surface area contributed by atoms with Gasteiger partial charge in [-0.3, -0.25) is 10.1 Å². The van der Waals surface area contributed by atoms with Gasteiger partial charge in [-0.25, -0.2) is 9.32 Å². The van der Waals surface area contributed by atoms with Gasteiger partial charge in [0.1, 0.15) is 5.56 Å². The second kappa shape index (κ2) is 4.19. The average molecular weight is 277 g/mol. The van der Waals surface area contributed by atoms with Crippen molar-refractivity contribution < 1.29 is 27.4 Å². The highest BCUT2D eigenvalue weighted by Crippen LogP contribution is 2.36. The second-order valence-corrected chi connectivity index (χ2v) is 3.34. The highest BCUT2D eigenvalue weighted by atomic mass is 19.4. The summed E-state index contributed by atoms with van der Waals surface area (Å²) in [5.41, 5.74) is -2.78. The normalized spacial score (nSPS) is 11.5. The van der Waals surface area contributed by atoms with Gasteiger partial charge in [-0.15, -0.1) is 0 Å². The zero-order valence-corrected chi connectivity index (χ0v) is 8.84. The van der Waals surface area contributed by atoms with Crippen molar-refractivity contribution in [1.82, 2.24) is 10.4 Å². The molecule has 8 nitrogen and oxygen atoms in total. The molecular weight excluding hydrogens is 273 g/mol. The molecule has 0 atom stereocenters. The Bertz CT molecular complexity index is 690. The van der Waals surface area contributed by atoms with Crippen LogP contribution in [0.5, 0.6) is 0 Å². The van der Waals surface area contributed by atoms with Gasteiger partial charge in [-0.05, 0) is 0 Å². The minimum atomic E-state index is -4.91. The van der Waals surface area contributed by atoms with E-state index in [1.165, 1.54) is 0 Å². The summed E-state index contributed by atoms with van der Waals surface area (Å²) in [7, 11) is 0. The molecule has 0 aliphatic heterocycles. The molecule has 0 unspecified atom stereocenters. The van der Waals surface area contributed by atoms with E-state index < -0.39 is 28.1 Å². The number of nitrogens with zero attached hydrogens (tertiary/aromatic N) is 3. The van der Waals surface area contributed by atoms with Crippen molar-refractivity contribution in [2.45, 2.75) is 6.18 Å². The minimum absolute atomic E-state index is 0.233. The summed E-state index contributed by atoms with van der Waals surface area (Å²) in [6, 6.07) is 2.14. The third-order valence-corrected chi connectivity index (χ3v) is 2.13. The van der Waals surface area contributed by atoms with Crippen LogP contribution in [0.3, 0.4) is 0 Å². The Balaban J connectivity index is 2.62. The molecule has 100 valence electrons. The second-order valence-electron chi connectivity index (χ2n) is 3.34. The lowest BCUT2D eigenvalue weighted by atomic mass is 10.1. The van der Waals surface area contributed by atoms with Crippen LogP contribution >= 0.6 is 0 Å². The first-order chi connectivity index (χ1) is 8.79. The summed E-state index contributed by atoms with van der Waals surface area (Å²) >= 11 is 0. The highest BCUT2D eigenvalue weighted by Gasteiger charge is 2.40. The monoisotopic (exact) mass is 277 g/mol. The number of halogens is 3. The van der Waals surface area contributed by atoms with Gasteiger partial charge in [0.25, 0.3) is 11.4 Å². The predicted molar refractivity (Wildman–Crippen MR) is 50.3 cm³/mol. The summed E-state index contributed by atoms with van der Waals surface area (Å²) in [6.07, 6.45) is -4.91. The zero-order chi connectivity index (χ0) is 14.2. The molecule has 2 rings (SSSR count). The molecule has 0 saturated carbocycles. The largest absolute Gasteiger partial charge is 0.493 e. The Morgan fingerprint density at radius 3 is 2.58 bits per heavy atom. The number of hydrogen-bond acceptors (Lipinski definition) is 5. The van der Waals surface area contributed by atoms with Gasteiger partial charge in [-0.2, -0.15) is 13.2 Å². The Hall–Kier alpha value is -2.72. The Morgan fingerprint density at radius 1 is 1.42 bits per heavy atom. The quantitative estimate of drug-likeness (QED) is 0.490. The maximum Gasteiger partial charge on any atom is 0.493 e. The average Bonchev–Trinajstić information content (AvgIpc) is 2.74. The molecule has 0 spiro atoms. The smallest absolute Gasteiger partial charge is 0.258 e. The van der Waals surface area contributed by atoms with Crippen molar-refractivity contribution in [3.8, 4) is 5.69 Å². The van der Waals surface area contributed by atoms with Crippen molar-refractivity contribution in [3.63, 3.8) is 0 Å². The van der Waals surface area contributed by atoms with E-state index in [0.717, 1.165) is 6.07 Å². The summed E-state index contributed by atoms with van der Waals surface area (Å²) in [4.78, 5) is 20.7. The molecule has 1 aromatic carbocycles. The van der Waals surface area contributed by atoms with Crippen molar-refractivity contribution in [2.24, 2.45) is 0 Å². The lowest BCUT2D eigenvalue weighted by Crippen LogP contribution is -2.37. The van der Waals surface area contributed by atoms with E-state index in [1.807, 2.05) is 5.10 Å². The van der Waals surface area contributed by atoms with Crippen LogP contribution in [0, 0.1) is 10.1 Å². The van der Waals surface area contributed by atoms with E-state index in [-0.39, 0.29) is 5.69 Å². The van der Waals surface area contributed by atoms with Crippen LogP contribution in [0.1, 0.15) is 5.56 Å². The van der Waals surface area contributed by atoms with Gasteiger partial charge < -0.3 is 0 Å². The predicted octanol–water partition coefficient (Wildman–Crippen LogP) is 0.567. The number of hydrogen-bond donors (Lipinski definition) is 1. The zero-order valence-electron chi connectivity index (χ0n) is 8.84. The van der Waals surface area contributed by atoms with Crippen molar-refractivity contribution in [2.75, 3.05) is 0 Å². The van der Waals surface area contributed by atoms with E-state index in [4.69, 9.17) is 0 Å². The number of nitro groups is 1. The van der Waals surface area contributed by atoms with Gasteiger partial charge in [-0.1, -0.05) is 5.10 Å². The van der Waals surface area contributed by atoms with Crippen molar-refractivity contribution in [1.29, 1.82) is 0 Å². The van der Waals surface area contributed by atoms with E-state index in [9.17, 15) is 28.1 Å². The van der Waals surface area contributed by atoms with Gasteiger partial charge >= 0.3 is 11.9 Å². The van der Waals surface area contributed by atoms with Gasteiger partial charge in [0.05, 0.1) is 9.72 Å². The fourth-order valence-corrected chi connectivity index (χ4v) is 1.36. The van der Waals surface area contributed by atoms with E-state index in [0.29, 0.717) is 16.9 Å². The van der Waals surface area contributed by atoms with Gasteiger partial charge in [0.2, 0.25) is 5.27 Å². The van der Waals surface area contributed by atoms with Crippen molar-refractivity contribution in [3.05, 3.63) is 44.4 Å². The molecule has 1 N–H and O–H groups in total. The van der Waals surface area contributed by atoms with Crippen LogP contribution in [0.4, 0.5) is 18.9 Å². The number of alkyl halides is 3. The number of rotatable bonds is 2. The number of benzene rings is 1. The summed E-state index contributed by atoms with van der Waals surface area (Å²) in [5.74, 6) is -0.980. The molecule has 0 aliphatic carbocycles. The summed E-state index contributed by atoms with van der Waals surface area (Å²) < 4.78 is 42.1. The molecule has 19 heavy (non-hydrogen) atoms. The molecule has 0 amide bonds. The Kier molecular flexibility index (Phi) is 2.81. The third kappa shape index (κ3) is 2.43. The number of aromatic amines is 1. The summed E-state index contributed by atoms with van der Waals surface area (Å²) in [5, 5.41) is 15.6. The topological polar surface area (TPSA) is 106 Å². The molecule has 2 aromatic rings. The number of nitrogens with one attached hydrogen (secondary N) is 1. The van der Waals surface area contributed by atoms with Gasteiger partial charge in [0, 0.05) is 18.2 Å². The number of H-pyrrole nitrogens is 1. The van der Waals surface area contributed by atoms with Crippen LogP contribution < -0.4 is 10.6 Å². The third-order valence-electron chi connectivity index (χ3n) is 2.13. The molecule has 11 heteroatoms. The highest BCUT2D eigenvalue weighted by molar-refractivity contribution is 5.46. The van der Waals surface area contributed by atoms with Crippen LogP contribution in [0.15, 0.2) is 27.5 Å². The van der Waals surface area contributed by atoms with Crippen LogP contribution in [0.25, 0.3) is 5.69 Å².